The van der Waals surface area contributed by atoms with Gasteiger partial charge in [-0.2, -0.15) is 0 Å². The molecule has 1 atom stereocenters. The van der Waals surface area contributed by atoms with Crippen molar-refractivity contribution in [2.75, 3.05) is 13.1 Å². The van der Waals surface area contributed by atoms with E-state index in [4.69, 9.17) is 4.98 Å². The minimum Gasteiger partial charge on any atom is -0.328 e. The predicted octanol–water partition coefficient (Wildman–Crippen LogP) is 2.84. The van der Waals surface area contributed by atoms with Crippen LogP contribution in [0.2, 0.25) is 0 Å². The Bertz CT molecular complexity index is 1200. The second kappa shape index (κ2) is 8.63. The number of fused-ring (bicyclic) bond motifs is 1. The van der Waals surface area contributed by atoms with Gasteiger partial charge < -0.3 is 9.88 Å². The van der Waals surface area contributed by atoms with Gasteiger partial charge in [-0.1, -0.05) is 18.2 Å². The van der Waals surface area contributed by atoms with Gasteiger partial charge in [0, 0.05) is 50.6 Å². The number of hydrogen-bond donors (Lipinski definition) is 1. The van der Waals surface area contributed by atoms with E-state index in [1.54, 1.807) is 41.6 Å². The summed E-state index contributed by atoms with van der Waals surface area (Å²) in [6.45, 7) is 2.19. The van der Waals surface area contributed by atoms with Crippen LogP contribution < -0.4 is 5.56 Å². The highest BCUT2D eigenvalue weighted by Gasteiger charge is 2.33. The largest absolute Gasteiger partial charge is 0.328 e. The highest BCUT2D eigenvalue weighted by atomic mass is 19.1. The fraction of sp³-hybridized carbons (Fsp3) is 0.333. The monoisotopic (exact) mass is 433 g/mol. The number of pyridine rings is 1. The molecule has 1 amide bonds. The van der Waals surface area contributed by atoms with Crippen LogP contribution in [0.1, 0.15) is 51.9 Å². The van der Waals surface area contributed by atoms with Crippen molar-refractivity contribution in [3.05, 3.63) is 93.2 Å². The molecule has 0 aliphatic carbocycles. The number of nitrogens with zero attached hydrogens (tertiary/aromatic N) is 4. The summed E-state index contributed by atoms with van der Waals surface area (Å²) in [6, 6.07) is 9.95. The first kappa shape index (κ1) is 20.5. The van der Waals surface area contributed by atoms with Gasteiger partial charge in [0.2, 0.25) is 0 Å². The third-order valence-corrected chi connectivity index (χ3v) is 6.26. The Morgan fingerprint density at radius 1 is 1.19 bits per heavy atom. The average molecular weight is 433 g/mol. The second-order valence-electron chi connectivity index (χ2n) is 8.33. The molecule has 1 aromatic carbocycles. The smallest absolute Gasteiger partial charge is 0.256 e. The van der Waals surface area contributed by atoms with Crippen molar-refractivity contribution in [1.29, 1.82) is 0 Å². The number of H-pyrrole nitrogens is 1. The number of nitrogens with one attached hydrogen (secondary N) is 1. The third kappa shape index (κ3) is 3.93. The van der Waals surface area contributed by atoms with Crippen LogP contribution in [0.4, 0.5) is 4.39 Å². The lowest BCUT2D eigenvalue weighted by Gasteiger charge is -2.29. The number of amides is 1. The van der Waals surface area contributed by atoms with E-state index in [0.29, 0.717) is 55.1 Å². The second-order valence-corrected chi connectivity index (χ2v) is 8.33. The maximum absolute atomic E-state index is 14.0. The molecule has 5 rings (SSSR count). The lowest BCUT2D eigenvalue weighted by atomic mass is 10.0. The number of likely N-dealkylation sites (tertiary alicyclic amines) is 1. The van der Waals surface area contributed by atoms with Gasteiger partial charge in [0.15, 0.2) is 0 Å². The van der Waals surface area contributed by atoms with E-state index in [1.807, 2.05) is 6.07 Å². The number of hydrogen-bond acceptors (Lipinski definition) is 5. The molecule has 7 nitrogen and oxygen atoms in total. The number of rotatable bonds is 4. The topological polar surface area (TPSA) is 82.2 Å². The van der Waals surface area contributed by atoms with E-state index in [9.17, 15) is 14.0 Å². The van der Waals surface area contributed by atoms with Gasteiger partial charge in [-0.15, -0.1) is 0 Å². The van der Waals surface area contributed by atoms with Crippen molar-refractivity contribution in [3.63, 3.8) is 0 Å². The van der Waals surface area contributed by atoms with E-state index in [-0.39, 0.29) is 23.3 Å². The Balaban J connectivity index is 1.37. The molecule has 1 fully saturated rings. The Morgan fingerprint density at radius 3 is 2.88 bits per heavy atom. The fourth-order valence-corrected chi connectivity index (χ4v) is 4.61. The molecule has 2 aromatic heterocycles. The molecule has 1 saturated heterocycles. The molecule has 8 heteroatoms. The third-order valence-electron chi connectivity index (χ3n) is 6.26. The zero-order chi connectivity index (χ0) is 22.1. The van der Waals surface area contributed by atoms with Crippen molar-refractivity contribution in [2.24, 2.45) is 0 Å². The summed E-state index contributed by atoms with van der Waals surface area (Å²) in [5.41, 5.74) is 2.37. The lowest BCUT2D eigenvalue weighted by Crippen LogP contribution is -2.38. The molecular weight excluding hydrogens is 409 g/mol. The molecule has 3 aromatic rings. The van der Waals surface area contributed by atoms with Crippen LogP contribution in [0.3, 0.4) is 0 Å². The molecule has 0 spiro atoms. The number of aromatic nitrogens is 3. The van der Waals surface area contributed by atoms with Gasteiger partial charge in [0.05, 0.1) is 22.9 Å². The summed E-state index contributed by atoms with van der Waals surface area (Å²) in [4.78, 5) is 41.5. The molecule has 2 aliphatic heterocycles. The standard InChI is InChI=1S/C24H24FN5O2/c25-19-7-2-1-5-17(19)14-29-12-9-20-18(15-29)23(31)28-22(27-20)21-8-4-11-30(21)24(32)16-6-3-10-26-13-16/h1-3,5-7,10,13,21H,4,8-9,11-12,14-15H2,(H,27,28,31)/t21-/m0/s1. The summed E-state index contributed by atoms with van der Waals surface area (Å²) in [7, 11) is 0. The van der Waals surface area contributed by atoms with Gasteiger partial charge in [-0.05, 0) is 31.0 Å². The predicted molar refractivity (Wildman–Crippen MR) is 116 cm³/mol. The molecule has 0 saturated carbocycles. The zero-order valence-corrected chi connectivity index (χ0v) is 17.6. The highest BCUT2D eigenvalue weighted by molar-refractivity contribution is 5.94. The number of halogens is 1. The van der Waals surface area contributed by atoms with Gasteiger partial charge in [0.25, 0.3) is 11.5 Å². The van der Waals surface area contributed by atoms with E-state index in [0.717, 1.165) is 18.5 Å². The number of benzene rings is 1. The Kier molecular flexibility index (Phi) is 5.53. The van der Waals surface area contributed by atoms with E-state index < -0.39 is 0 Å². The molecule has 164 valence electrons. The van der Waals surface area contributed by atoms with Gasteiger partial charge in [0.1, 0.15) is 11.6 Å². The summed E-state index contributed by atoms with van der Waals surface area (Å²) >= 11 is 0. The van der Waals surface area contributed by atoms with Crippen LogP contribution in [-0.4, -0.2) is 43.7 Å². The maximum Gasteiger partial charge on any atom is 0.256 e. The molecule has 0 radical (unpaired) electrons. The van der Waals surface area contributed by atoms with Crippen LogP contribution in [0.5, 0.6) is 0 Å². The first-order valence-electron chi connectivity index (χ1n) is 10.9. The van der Waals surface area contributed by atoms with Crippen LogP contribution in [0.15, 0.2) is 53.6 Å². The average Bonchev–Trinajstić information content (AvgIpc) is 3.31. The fourth-order valence-electron chi connectivity index (χ4n) is 4.61. The minimum absolute atomic E-state index is 0.1000. The first-order chi connectivity index (χ1) is 15.6. The van der Waals surface area contributed by atoms with E-state index in [1.165, 1.54) is 6.07 Å². The van der Waals surface area contributed by atoms with Crippen molar-refractivity contribution >= 4 is 5.91 Å². The molecule has 0 bridgehead atoms. The molecule has 1 N–H and O–H groups in total. The molecular formula is C24H24FN5O2. The summed E-state index contributed by atoms with van der Waals surface area (Å²) in [6.07, 6.45) is 5.42. The SMILES string of the molecule is O=C(c1cccnc1)N1CCC[C@H]1c1nc2c(c(=O)[nH]1)CN(Cc1ccccc1F)CC2. The van der Waals surface area contributed by atoms with Crippen molar-refractivity contribution < 1.29 is 9.18 Å². The van der Waals surface area contributed by atoms with Crippen molar-refractivity contribution in [3.8, 4) is 0 Å². The van der Waals surface area contributed by atoms with Crippen molar-refractivity contribution in [2.45, 2.75) is 38.4 Å². The molecule has 4 heterocycles. The van der Waals surface area contributed by atoms with E-state index in [2.05, 4.69) is 14.9 Å². The number of carbonyl (C=O) groups excluding carboxylic acids is 1. The van der Waals surface area contributed by atoms with Crippen LogP contribution >= 0.6 is 0 Å². The highest BCUT2D eigenvalue weighted by Crippen LogP contribution is 2.31. The molecule has 0 unspecified atom stereocenters. The van der Waals surface area contributed by atoms with Crippen LogP contribution in [0.25, 0.3) is 0 Å². The Labute approximate surface area is 184 Å². The summed E-state index contributed by atoms with van der Waals surface area (Å²) in [5, 5.41) is 0. The summed E-state index contributed by atoms with van der Waals surface area (Å²) in [5.74, 6) is 0.211. The summed E-state index contributed by atoms with van der Waals surface area (Å²) < 4.78 is 14.0. The Hall–Kier alpha value is -3.39. The van der Waals surface area contributed by atoms with Gasteiger partial charge in [-0.25, -0.2) is 9.37 Å². The lowest BCUT2D eigenvalue weighted by molar-refractivity contribution is 0.0728. The number of carbonyl (C=O) groups is 1. The molecule has 32 heavy (non-hydrogen) atoms. The number of aromatic amines is 1. The Morgan fingerprint density at radius 2 is 2.06 bits per heavy atom. The van der Waals surface area contributed by atoms with Gasteiger partial charge >= 0.3 is 0 Å². The normalized spacial score (nSPS) is 18.5. The molecule has 2 aliphatic rings. The minimum atomic E-state index is -0.253. The van der Waals surface area contributed by atoms with E-state index >= 15 is 0 Å². The van der Waals surface area contributed by atoms with Gasteiger partial charge in [-0.3, -0.25) is 19.5 Å². The first-order valence-corrected chi connectivity index (χ1v) is 10.9. The van der Waals surface area contributed by atoms with Crippen LogP contribution in [0, 0.1) is 5.82 Å². The van der Waals surface area contributed by atoms with Crippen LogP contribution in [-0.2, 0) is 19.5 Å². The zero-order valence-electron chi connectivity index (χ0n) is 17.6. The maximum atomic E-state index is 14.0. The quantitative estimate of drug-likeness (QED) is 0.684. The van der Waals surface area contributed by atoms with Crippen molar-refractivity contribution in [1.82, 2.24) is 24.8 Å².